The third kappa shape index (κ3) is 5.27. The lowest BCUT2D eigenvalue weighted by Gasteiger charge is -2.22. The van der Waals surface area contributed by atoms with Crippen molar-refractivity contribution in [1.82, 2.24) is 4.31 Å². The predicted octanol–water partition coefficient (Wildman–Crippen LogP) is 3.33. The molecular weight excluding hydrogens is 439 g/mol. The Bertz CT molecular complexity index is 1010. The fraction of sp³-hybridized carbons (Fsp3) is 0.263. The molecule has 10 heteroatoms. The molecule has 0 aliphatic carbocycles. The maximum absolute atomic E-state index is 12.9. The highest BCUT2D eigenvalue weighted by Crippen LogP contribution is 2.27. The fourth-order valence-electron chi connectivity index (χ4n) is 3.00. The Morgan fingerprint density at radius 1 is 1.10 bits per heavy atom. The van der Waals surface area contributed by atoms with E-state index in [-0.39, 0.29) is 11.4 Å². The Morgan fingerprint density at radius 2 is 1.83 bits per heavy atom. The number of rotatable bonds is 6. The van der Waals surface area contributed by atoms with Crippen molar-refractivity contribution in [2.45, 2.75) is 23.8 Å². The molecular formula is C19H18Cl2N2O5S. The van der Waals surface area contributed by atoms with Crippen LogP contribution in [0.4, 0.5) is 5.69 Å². The summed E-state index contributed by atoms with van der Waals surface area (Å²) in [5, 5.41) is 3.42. The zero-order chi connectivity index (χ0) is 21.0. The second kappa shape index (κ2) is 9.13. The lowest BCUT2D eigenvalue weighted by atomic mass is 10.2. The maximum Gasteiger partial charge on any atom is 0.324 e. The van der Waals surface area contributed by atoms with Gasteiger partial charge in [0.2, 0.25) is 10.0 Å². The van der Waals surface area contributed by atoms with Crippen molar-refractivity contribution in [3.05, 3.63) is 58.6 Å². The molecule has 2 aromatic rings. The number of ether oxygens (including phenoxy) is 1. The van der Waals surface area contributed by atoms with Crippen LogP contribution in [0.25, 0.3) is 0 Å². The molecule has 154 valence electrons. The van der Waals surface area contributed by atoms with E-state index < -0.39 is 34.5 Å². The molecule has 1 fully saturated rings. The minimum absolute atomic E-state index is 0.0419. The maximum atomic E-state index is 12.9. The van der Waals surface area contributed by atoms with Gasteiger partial charge in [-0.15, -0.1) is 0 Å². The summed E-state index contributed by atoms with van der Waals surface area (Å²) in [7, 11) is -3.88. The Balaban J connectivity index is 1.62. The van der Waals surface area contributed by atoms with Crippen LogP contribution in [0.15, 0.2) is 53.4 Å². The number of carbonyl (C=O) groups excluding carboxylic acids is 2. The monoisotopic (exact) mass is 456 g/mol. The summed E-state index contributed by atoms with van der Waals surface area (Å²) in [5.74, 6) is -1.31. The first-order valence-corrected chi connectivity index (χ1v) is 11.0. The van der Waals surface area contributed by atoms with Crippen molar-refractivity contribution in [1.29, 1.82) is 0 Å². The van der Waals surface area contributed by atoms with E-state index in [1.807, 2.05) is 0 Å². The molecule has 7 nitrogen and oxygen atoms in total. The van der Waals surface area contributed by atoms with Gasteiger partial charge in [-0.05, 0) is 55.3 Å². The molecule has 1 N–H and O–H groups in total. The molecule has 1 amide bonds. The molecule has 2 aromatic carbocycles. The van der Waals surface area contributed by atoms with E-state index in [2.05, 4.69) is 5.32 Å². The van der Waals surface area contributed by atoms with E-state index >= 15 is 0 Å². The van der Waals surface area contributed by atoms with Crippen LogP contribution in [0.5, 0.6) is 0 Å². The first-order chi connectivity index (χ1) is 13.8. The quantitative estimate of drug-likeness (QED) is 0.672. The zero-order valence-corrected chi connectivity index (χ0v) is 17.5. The van der Waals surface area contributed by atoms with Gasteiger partial charge in [0, 0.05) is 22.3 Å². The number of hydrogen-bond donors (Lipinski definition) is 1. The summed E-state index contributed by atoms with van der Waals surface area (Å²) in [4.78, 5) is 24.5. The number of nitrogens with one attached hydrogen (secondary N) is 1. The molecule has 0 bridgehead atoms. The second-order valence-electron chi connectivity index (χ2n) is 6.39. The average Bonchev–Trinajstić information content (AvgIpc) is 3.17. The SMILES string of the molecule is O=C(COC(=O)[C@@H]1CCCN1S(=O)(=O)c1ccc(Cl)cc1)Nc1cccc(Cl)c1. The van der Waals surface area contributed by atoms with Crippen LogP contribution in [-0.2, 0) is 24.3 Å². The van der Waals surface area contributed by atoms with Crippen LogP contribution in [0.1, 0.15) is 12.8 Å². The summed E-state index contributed by atoms with van der Waals surface area (Å²) in [6.45, 7) is -0.337. The van der Waals surface area contributed by atoms with Crippen molar-refractivity contribution in [2.75, 3.05) is 18.5 Å². The largest absolute Gasteiger partial charge is 0.454 e. The number of carbonyl (C=O) groups is 2. The standard InChI is InChI=1S/C19H18Cl2N2O5S/c20-13-6-8-16(9-7-13)29(26,27)23-10-2-5-17(23)19(25)28-12-18(24)22-15-4-1-3-14(21)11-15/h1,3-4,6-9,11,17H,2,5,10,12H2,(H,22,24)/t17-/m0/s1. The Hall–Kier alpha value is -2.13. The molecule has 29 heavy (non-hydrogen) atoms. The van der Waals surface area contributed by atoms with E-state index in [0.717, 1.165) is 4.31 Å². The van der Waals surface area contributed by atoms with Gasteiger partial charge in [0.25, 0.3) is 5.91 Å². The van der Waals surface area contributed by atoms with Gasteiger partial charge >= 0.3 is 5.97 Å². The highest BCUT2D eigenvalue weighted by molar-refractivity contribution is 7.89. The third-order valence-electron chi connectivity index (χ3n) is 4.35. The molecule has 0 spiro atoms. The minimum Gasteiger partial charge on any atom is -0.454 e. The minimum atomic E-state index is -3.88. The highest BCUT2D eigenvalue weighted by Gasteiger charge is 2.40. The van der Waals surface area contributed by atoms with Crippen LogP contribution < -0.4 is 5.32 Å². The fourth-order valence-corrected chi connectivity index (χ4v) is 4.96. The third-order valence-corrected chi connectivity index (χ3v) is 6.76. The zero-order valence-electron chi connectivity index (χ0n) is 15.2. The molecule has 1 aliphatic heterocycles. The molecule has 1 heterocycles. The van der Waals surface area contributed by atoms with Gasteiger partial charge in [0.1, 0.15) is 6.04 Å². The van der Waals surface area contributed by atoms with E-state index in [1.54, 1.807) is 24.3 Å². The summed E-state index contributed by atoms with van der Waals surface area (Å²) >= 11 is 11.7. The summed E-state index contributed by atoms with van der Waals surface area (Å²) in [5.41, 5.74) is 0.464. The van der Waals surface area contributed by atoms with Gasteiger partial charge in [-0.2, -0.15) is 4.31 Å². The first-order valence-electron chi connectivity index (χ1n) is 8.77. The molecule has 0 radical (unpaired) electrons. The number of halogens is 2. The van der Waals surface area contributed by atoms with Crippen LogP contribution >= 0.6 is 23.2 Å². The Morgan fingerprint density at radius 3 is 2.52 bits per heavy atom. The molecule has 0 saturated carbocycles. The van der Waals surface area contributed by atoms with Crippen molar-refractivity contribution in [3.63, 3.8) is 0 Å². The van der Waals surface area contributed by atoms with Crippen molar-refractivity contribution in [2.24, 2.45) is 0 Å². The smallest absolute Gasteiger partial charge is 0.324 e. The normalized spacial score (nSPS) is 17.1. The van der Waals surface area contributed by atoms with Gasteiger partial charge in [-0.1, -0.05) is 29.3 Å². The number of amides is 1. The Labute approximate surface area is 178 Å². The molecule has 1 saturated heterocycles. The van der Waals surface area contributed by atoms with Crippen LogP contribution in [0, 0.1) is 0 Å². The summed E-state index contributed by atoms with van der Waals surface area (Å²) in [6.07, 6.45) is 0.836. The predicted molar refractivity (Wildman–Crippen MR) is 109 cm³/mol. The molecule has 1 atom stereocenters. The van der Waals surface area contributed by atoms with E-state index in [1.165, 1.54) is 24.3 Å². The molecule has 3 rings (SSSR count). The number of anilines is 1. The molecule has 0 aromatic heterocycles. The highest BCUT2D eigenvalue weighted by atomic mass is 35.5. The van der Waals surface area contributed by atoms with Crippen molar-refractivity contribution < 1.29 is 22.7 Å². The van der Waals surface area contributed by atoms with Gasteiger partial charge < -0.3 is 10.1 Å². The molecule has 0 unspecified atom stereocenters. The van der Waals surface area contributed by atoms with Gasteiger partial charge in [-0.3, -0.25) is 9.59 Å². The van der Waals surface area contributed by atoms with E-state index in [0.29, 0.717) is 28.6 Å². The van der Waals surface area contributed by atoms with Crippen LogP contribution in [-0.4, -0.2) is 43.8 Å². The number of sulfonamides is 1. The van der Waals surface area contributed by atoms with Crippen LogP contribution in [0.3, 0.4) is 0 Å². The lowest BCUT2D eigenvalue weighted by molar-refractivity contribution is -0.150. The van der Waals surface area contributed by atoms with E-state index in [9.17, 15) is 18.0 Å². The van der Waals surface area contributed by atoms with Gasteiger partial charge in [-0.25, -0.2) is 8.42 Å². The topological polar surface area (TPSA) is 92.8 Å². The average molecular weight is 457 g/mol. The Kier molecular flexibility index (Phi) is 6.79. The molecule has 1 aliphatic rings. The number of benzene rings is 2. The van der Waals surface area contributed by atoms with Gasteiger partial charge in [0.15, 0.2) is 6.61 Å². The number of esters is 1. The summed E-state index contributed by atoms with van der Waals surface area (Å²) < 4.78 is 31.9. The second-order valence-corrected chi connectivity index (χ2v) is 9.16. The van der Waals surface area contributed by atoms with Crippen molar-refractivity contribution >= 4 is 50.8 Å². The van der Waals surface area contributed by atoms with Crippen LogP contribution in [0.2, 0.25) is 10.0 Å². The number of nitrogens with zero attached hydrogens (tertiary/aromatic N) is 1. The number of hydrogen-bond acceptors (Lipinski definition) is 5. The summed E-state index contributed by atoms with van der Waals surface area (Å²) in [6, 6.07) is 11.3. The lowest BCUT2D eigenvalue weighted by Crippen LogP contribution is -2.42. The van der Waals surface area contributed by atoms with E-state index in [4.69, 9.17) is 27.9 Å². The first kappa shape index (κ1) is 21.6. The van der Waals surface area contributed by atoms with Gasteiger partial charge in [0.05, 0.1) is 4.90 Å². The van der Waals surface area contributed by atoms with Crippen molar-refractivity contribution in [3.8, 4) is 0 Å².